The minimum absolute atomic E-state index is 0. The van der Waals surface area contributed by atoms with Gasteiger partial charge in [-0.1, -0.05) is 121 Å². The second-order valence-electron chi connectivity index (χ2n) is 12.6. The third kappa shape index (κ3) is 7.57. The van der Waals surface area contributed by atoms with Crippen LogP contribution in [0.5, 0.6) is 0 Å². The zero-order chi connectivity index (χ0) is 33.6. The van der Waals surface area contributed by atoms with Gasteiger partial charge in [-0.2, -0.15) is 0 Å². The van der Waals surface area contributed by atoms with Crippen LogP contribution in [0, 0.1) is 0 Å². The van der Waals surface area contributed by atoms with E-state index in [1.807, 2.05) is 121 Å². The molecule has 2 aliphatic heterocycles. The van der Waals surface area contributed by atoms with Crippen molar-refractivity contribution < 1.29 is 31.5 Å². The minimum Gasteiger partial charge on any atom is -0.861 e. The normalized spacial score (nSPS) is 18.6. The zero-order valence-corrected chi connectivity index (χ0v) is 28.6. The summed E-state index contributed by atoms with van der Waals surface area (Å²) in [6.07, 6.45) is 2.44. The molecule has 2 aliphatic rings. The van der Waals surface area contributed by atoms with E-state index in [-0.39, 0.29) is 28.4 Å². The number of carbonyl (C=O) groups is 1. The molecule has 2 heterocycles. The number of carboxylic acids is 1. The first kappa shape index (κ1) is 34.8. The Morgan fingerprint density at radius 3 is 2.14 bits per heavy atom. The van der Waals surface area contributed by atoms with E-state index < -0.39 is 18.1 Å². The molecule has 1 saturated heterocycles. The number of aliphatic imine (C=N–C) groups is 2. The largest absolute Gasteiger partial charge is 2.00 e. The van der Waals surface area contributed by atoms with Crippen LogP contribution in [0.3, 0.4) is 0 Å². The molecule has 3 atom stereocenters. The third-order valence-corrected chi connectivity index (χ3v) is 9.54. The summed E-state index contributed by atoms with van der Waals surface area (Å²) >= 11 is 0. The van der Waals surface area contributed by atoms with Crippen LogP contribution in [0.1, 0.15) is 46.7 Å². The molecule has 5 aromatic carbocycles. The van der Waals surface area contributed by atoms with Crippen LogP contribution in [0.2, 0.25) is 0 Å². The number of hydrogen-bond donors (Lipinski definition) is 0. The van der Waals surface area contributed by atoms with Gasteiger partial charge in [0.05, 0.1) is 23.4 Å². The molecule has 1 fully saturated rings. The van der Waals surface area contributed by atoms with E-state index in [1.165, 1.54) is 0 Å². The number of anilines is 1. The van der Waals surface area contributed by atoms with Crippen LogP contribution >= 0.6 is 0 Å². The molecule has 0 saturated carbocycles. The van der Waals surface area contributed by atoms with Gasteiger partial charge in [-0.05, 0) is 66.6 Å². The molecule has 7 rings (SSSR count). The maximum Gasteiger partial charge on any atom is 2.00 e. The standard InChI is InChI=1S/C42H40N4O3.Ni/c47-41(37-25-14-27-45(37)29-30-15-4-1-5-16-30)43-36-24-13-12-23-35(36)38(32-18-6-2-7-19-32)44-39(42(48)49)40-34-22-11-10-17-31(34)26-28-46(40)33-20-8-3-9-21-33;/h1-13,15-24,37,39-40H,14,25-29H2,(H,43,47)(H,48,49);/q;+2/p-2/t37-,39-,40-;/m0./s1. The molecule has 0 N–H and O–H groups in total. The van der Waals surface area contributed by atoms with Crippen LogP contribution in [0.25, 0.3) is 0 Å². The van der Waals surface area contributed by atoms with E-state index >= 15 is 0 Å². The molecule has 0 aromatic heterocycles. The van der Waals surface area contributed by atoms with Crippen molar-refractivity contribution in [3.05, 3.63) is 167 Å². The third-order valence-electron chi connectivity index (χ3n) is 9.54. The van der Waals surface area contributed by atoms with Gasteiger partial charge in [0.2, 0.25) is 0 Å². The summed E-state index contributed by atoms with van der Waals surface area (Å²) in [7, 11) is 0. The summed E-state index contributed by atoms with van der Waals surface area (Å²) in [5, 5.41) is 27.2. The molecule has 5 aromatic rings. The number of nitrogens with zero attached hydrogens (tertiary/aromatic N) is 4. The first-order chi connectivity index (χ1) is 24.1. The maximum atomic E-state index is 13.9. The predicted octanol–water partition coefficient (Wildman–Crippen LogP) is 5.50. The number of hydrogen-bond acceptors (Lipinski definition) is 7. The molecular formula is C42H38N4NiO3. The first-order valence-electron chi connectivity index (χ1n) is 16.9. The Kier molecular flexibility index (Phi) is 11.2. The average Bonchev–Trinajstić information content (AvgIpc) is 3.61. The zero-order valence-electron chi connectivity index (χ0n) is 27.6. The number of rotatable bonds is 10. The van der Waals surface area contributed by atoms with Crippen molar-refractivity contribution in [2.45, 2.75) is 43.9 Å². The van der Waals surface area contributed by atoms with E-state index in [2.05, 4.69) is 28.0 Å². The van der Waals surface area contributed by atoms with Crippen molar-refractivity contribution in [2.75, 3.05) is 18.0 Å². The Morgan fingerprint density at radius 1 is 0.760 bits per heavy atom. The Hall–Kier alpha value is -5.04. The van der Waals surface area contributed by atoms with Gasteiger partial charge in [-0.3, -0.25) is 14.9 Å². The van der Waals surface area contributed by atoms with Crippen molar-refractivity contribution in [2.24, 2.45) is 9.98 Å². The smallest absolute Gasteiger partial charge is 0.861 e. The number of likely N-dealkylation sites (tertiary alicyclic amines) is 1. The topological polar surface area (TPSA) is 94.4 Å². The molecule has 7 nitrogen and oxygen atoms in total. The second-order valence-corrected chi connectivity index (χ2v) is 12.6. The van der Waals surface area contributed by atoms with Crippen LogP contribution in [0.15, 0.2) is 150 Å². The molecule has 0 bridgehead atoms. The van der Waals surface area contributed by atoms with Gasteiger partial charge in [0.25, 0.3) is 0 Å². The number of benzene rings is 5. The predicted molar refractivity (Wildman–Crippen MR) is 191 cm³/mol. The quantitative estimate of drug-likeness (QED) is 0.109. The van der Waals surface area contributed by atoms with Crippen LogP contribution in [-0.4, -0.2) is 47.7 Å². The summed E-state index contributed by atoms with van der Waals surface area (Å²) in [5.74, 6) is -1.48. The summed E-state index contributed by atoms with van der Waals surface area (Å²) in [6, 6.07) is 42.7. The summed E-state index contributed by atoms with van der Waals surface area (Å²) < 4.78 is 0. The van der Waals surface area contributed by atoms with Crippen molar-refractivity contribution in [3.8, 4) is 0 Å². The van der Waals surface area contributed by atoms with Crippen molar-refractivity contribution in [1.29, 1.82) is 0 Å². The van der Waals surface area contributed by atoms with Crippen LogP contribution < -0.4 is 15.1 Å². The number of aliphatic carboxylic acids is 1. The Labute approximate surface area is 303 Å². The number of fused-ring (bicyclic) bond motifs is 1. The summed E-state index contributed by atoms with van der Waals surface area (Å²) in [6.45, 7) is 2.14. The molecule has 0 unspecified atom stereocenters. The fourth-order valence-corrected chi connectivity index (χ4v) is 7.21. The van der Waals surface area contributed by atoms with Crippen LogP contribution in [0.4, 0.5) is 11.4 Å². The number of carbonyl (C=O) groups excluding carboxylic acids is 1. The van der Waals surface area contributed by atoms with Gasteiger partial charge in [0.15, 0.2) is 0 Å². The molecule has 8 heteroatoms. The number of carboxylic acid groups (broad SMARTS) is 1. The maximum absolute atomic E-state index is 13.9. The molecule has 50 heavy (non-hydrogen) atoms. The SMILES string of the molecule is O=C([O-])[C@@H](N=C(c1ccccc1)c1ccccc1N=C([O-])[C@@H]1CCCN1Cc1ccccc1)[C@@H]1c2ccccc2CCN1c1ccccc1.[Ni+2]. The van der Waals surface area contributed by atoms with E-state index in [1.54, 1.807) is 0 Å². The van der Waals surface area contributed by atoms with Crippen molar-refractivity contribution in [3.63, 3.8) is 0 Å². The van der Waals surface area contributed by atoms with Gasteiger partial charge >= 0.3 is 16.5 Å². The Morgan fingerprint density at radius 2 is 1.40 bits per heavy atom. The minimum atomic E-state index is -1.27. The van der Waals surface area contributed by atoms with E-state index in [9.17, 15) is 15.0 Å². The number of para-hydroxylation sites is 2. The molecular weight excluding hydrogens is 667 g/mol. The second kappa shape index (κ2) is 16.1. The van der Waals surface area contributed by atoms with Gasteiger partial charge in [-0.15, -0.1) is 0 Å². The van der Waals surface area contributed by atoms with E-state index in [0.717, 1.165) is 53.7 Å². The van der Waals surface area contributed by atoms with Crippen LogP contribution in [-0.2, 0) is 34.3 Å². The first-order valence-corrected chi connectivity index (χ1v) is 16.9. The van der Waals surface area contributed by atoms with E-state index in [4.69, 9.17) is 9.98 Å². The average molecular weight is 705 g/mol. The molecule has 0 spiro atoms. The Balaban J connectivity index is 0.00000432. The molecule has 254 valence electrons. The Bertz CT molecular complexity index is 1950. The molecule has 0 aliphatic carbocycles. The van der Waals surface area contributed by atoms with Gasteiger partial charge in [-0.25, -0.2) is 0 Å². The molecule has 0 amide bonds. The van der Waals surface area contributed by atoms with E-state index in [0.29, 0.717) is 30.1 Å². The van der Waals surface area contributed by atoms with Gasteiger partial charge < -0.3 is 19.9 Å². The molecule has 0 radical (unpaired) electrons. The van der Waals surface area contributed by atoms with Gasteiger partial charge in [0, 0.05) is 35.9 Å². The summed E-state index contributed by atoms with van der Waals surface area (Å²) in [4.78, 5) is 27.4. The summed E-state index contributed by atoms with van der Waals surface area (Å²) in [5.41, 5.74) is 6.32. The fraction of sp³-hybridized carbons (Fsp3) is 0.214. The van der Waals surface area contributed by atoms with Crippen molar-refractivity contribution in [1.82, 2.24) is 4.90 Å². The van der Waals surface area contributed by atoms with Crippen molar-refractivity contribution >= 4 is 29.0 Å². The van der Waals surface area contributed by atoms with Gasteiger partial charge in [0.1, 0.15) is 6.04 Å². The monoisotopic (exact) mass is 704 g/mol. The fourth-order valence-electron chi connectivity index (χ4n) is 7.21.